The van der Waals surface area contributed by atoms with Crippen LogP contribution >= 0.6 is 0 Å². The molecular weight excluding hydrogens is 352 g/mol. The van der Waals surface area contributed by atoms with Crippen LogP contribution in [0.2, 0.25) is 0 Å². The van der Waals surface area contributed by atoms with E-state index in [2.05, 4.69) is 15.5 Å². The molecule has 1 amide bonds. The summed E-state index contributed by atoms with van der Waals surface area (Å²) in [5.74, 6) is -0.677. The molecule has 0 aliphatic rings. The first kappa shape index (κ1) is 20.4. The molecule has 0 fully saturated rings. The van der Waals surface area contributed by atoms with Crippen LogP contribution in [0, 0.1) is 0 Å². The summed E-state index contributed by atoms with van der Waals surface area (Å²) in [7, 11) is 0. The Morgan fingerprint density at radius 2 is 1.87 bits per heavy atom. The first-order valence-corrected chi connectivity index (χ1v) is 6.21. The molecule has 7 nitrogen and oxygen atoms in total. The second kappa shape index (κ2) is 11.0. The van der Waals surface area contributed by atoms with Gasteiger partial charge in [0.1, 0.15) is 5.75 Å². The Bertz CT molecular complexity index is 659. The van der Waals surface area contributed by atoms with Gasteiger partial charge in [-0.05, 0) is 24.3 Å². The van der Waals surface area contributed by atoms with Gasteiger partial charge in [-0.2, -0.15) is 0 Å². The van der Waals surface area contributed by atoms with Crippen molar-refractivity contribution in [1.82, 2.24) is 4.98 Å². The van der Waals surface area contributed by atoms with Gasteiger partial charge in [-0.3, -0.25) is 9.78 Å². The van der Waals surface area contributed by atoms with Gasteiger partial charge < -0.3 is 20.7 Å². The number of rotatable bonds is 3. The molecule has 2 rings (SSSR count). The van der Waals surface area contributed by atoms with Gasteiger partial charge in [0.05, 0.1) is 12.5 Å². The molecule has 0 saturated heterocycles. The van der Waals surface area contributed by atoms with Crippen LogP contribution in [0.15, 0.2) is 53.9 Å². The van der Waals surface area contributed by atoms with Crippen LogP contribution in [-0.2, 0) is 24.3 Å². The predicted octanol–water partition coefficient (Wildman–Crippen LogP) is 1.30. The molecule has 0 aliphatic carbocycles. The summed E-state index contributed by atoms with van der Waals surface area (Å²) in [6.07, 6.45) is 4.47. The third-order valence-electron chi connectivity index (χ3n) is 2.22. The zero-order chi connectivity index (χ0) is 16.4. The maximum atomic E-state index is 9.61. The third-order valence-corrected chi connectivity index (χ3v) is 2.22. The normalized spacial score (nSPS) is 9.26. The molecule has 8 heteroatoms. The molecule has 0 aliphatic heterocycles. The van der Waals surface area contributed by atoms with E-state index in [0.29, 0.717) is 11.1 Å². The van der Waals surface area contributed by atoms with Crippen molar-refractivity contribution in [3.05, 3.63) is 65.3 Å². The molecule has 0 saturated carbocycles. The van der Waals surface area contributed by atoms with Gasteiger partial charge in [0.25, 0.3) is 5.91 Å². The number of phenolic OH excluding ortho intramolecular Hbond substituents is 1. The number of hydrogen-bond acceptors (Lipinski definition) is 4. The Kier molecular flexibility index (Phi) is 9.79. The van der Waals surface area contributed by atoms with Crippen molar-refractivity contribution in [2.24, 2.45) is 5.10 Å². The Labute approximate surface area is 145 Å². The summed E-state index contributed by atoms with van der Waals surface area (Å²) in [6, 6.07) is 9.96. The van der Waals surface area contributed by atoms with Crippen LogP contribution < -0.4 is 0 Å². The van der Waals surface area contributed by atoms with Crippen LogP contribution in [0.1, 0.15) is 18.1 Å². The Morgan fingerprint density at radius 1 is 1.30 bits per heavy atom. The number of para-hydroxylation sites is 1. The summed E-state index contributed by atoms with van der Waals surface area (Å²) in [4.78, 5) is 22.6. The van der Waals surface area contributed by atoms with Crippen LogP contribution in [-0.4, -0.2) is 38.1 Å². The van der Waals surface area contributed by atoms with E-state index in [4.69, 9.17) is 9.90 Å². The second-order valence-electron chi connectivity index (χ2n) is 4.02. The fourth-order valence-corrected chi connectivity index (χ4v) is 1.30. The molecule has 2 aromatic rings. The minimum atomic E-state index is -0.583. The van der Waals surface area contributed by atoms with Crippen molar-refractivity contribution in [2.45, 2.75) is 6.92 Å². The number of phenols is 1. The van der Waals surface area contributed by atoms with Crippen molar-refractivity contribution in [2.75, 3.05) is 0 Å². The van der Waals surface area contributed by atoms with Crippen molar-refractivity contribution in [3.8, 4) is 5.75 Å². The number of nitrogens with zero attached hydrogens (tertiary/aromatic N) is 3. The first-order chi connectivity index (χ1) is 10.5. The molecular formula is C15H16N3O4Zn+3. The Morgan fingerprint density at radius 3 is 2.43 bits per heavy atom. The van der Waals surface area contributed by atoms with Crippen LogP contribution in [0.4, 0.5) is 0 Å². The number of carbonyl (C=O) groups excluding carboxylic acids is 2. The largest absolute Gasteiger partial charge is 2.00 e. The van der Waals surface area contributed by atoms with E-state index in [1.54, 1.807) is 48.8 Å². The summed E-state index contributed by atoms with van der Waals surface area (Å²) in [5, 5.41) is 19.1. The van der Waals surface area contributed by atoms with E-state index in [1.807, 2.05) is 0 Å². The van der Waals surface area contributed by atoms with E-state index in [9.17, 15) is 9.90 Å². The van der Waals surface area contributed by atoms with Gasteiger partial charge in [-0.25, -0.2) is 0 Å². The number of aromatic nitrogens is 1. The minimum absolute atomic E-state index is 0. The van der Waals surface area contributed by atoms with Crippen LogP contribution in [0.3, 0.4) is 0 Å². The molecule has 0 spiro atoms. The molecule has 1 aromatic heterocycles. The van der Waals surface area contributed by atoms with Crippen LogP contribution in [0.25, 0.3) is 5.43 Å². The van der Waals surface area contributed by atoms with E-state index >= 15 is 0 Å². The van der Waals surface area contributed by atoms with Gasteiger partial charge in [-0.15, -0.1) is 0 Å². The summed E-state index contributed by atoms with van der Waals surface area (Å²) in [6.45, 7) is 1.19. The standard InChI is InChI=1S/C13H11N3O2.C2H4O2.Zn/c17-12-4-2-1-3-11(12)9-15-16-13(18)10-5-7-14-8-6-10;1-2(3)4;/h1-9H,(H2,14,15,16,17,18);1H3,(H,3,4);/q;;+2/p+1. The van der Waals surface area contributed by atoms with Gasteiger partial charge in [0.15, 0.2) is 0 Å². The van der Waals surface area contributed by atoms with E-state index in [1.165, 1.54) is 13.1 Å². The van der Waals surface area contributed by atoms with E-state index in [-0.39, 0.29) is 31.1 Å². The number of carbonyl (C=O) groups is 1. The second-order valence-corrected chi connectivity index (χ2v) is 4.02. The van der Waals surface area contributed by atoms with Crippen molar-refractivity contribution in [1.29, 1.82) is 0 Å². The topological polar surface area (TPSA) is 121 Å². The third kappa shape index (κ3) is 8.43. The quantitative estimate of drug-likeness (QED) is 0.381. The Hall–Kier alpha value is -2.60. The fraction of sp³-hybridized carbons (Fsp3) is 0.0667. The first-order valence-electron chi connectivity index (χ1n) is 6.21. The molecule has 0 atom stereocenters. The summed E-state index contributed by atoms with van der Waals surface area (Å²) in [5.41, 5.74) is 4.69. The molecule has 114 valence electrons. The molecule has 0 bridgehead atoms. The molecule has 23 heavy (non-hydrogen) atoms. The average Bonchev–Trinajstić information content (AvgIpc) is 2.49. The summed E-state index contributed by atoms with van der Waals surface area (Å²) < 4.78 is 0. The average molecular weight is 368 g/mol. The molecule has 4 N–H and O–H groups in total. The van der Waals surface area contributed by atoms with Crippen molar-refractivity contribution < 1.29 is 39.3 Å². The van der Waals surface area contributed by atoms with Gasteiger partial charge in [0.2, 0.25) is 0 Å². The number of amides is 1. The number of hydrogen-bond donors (Lipinski definition) is 1. The monoisotopic (exact) mass is 366 g/mol. The van der Waals surface area contributed by atoms with Crippen LogP contribution in [0.5, 0.6) is 5.75 Å². The number of pyridine rings is 1. The predicted molar refractivity (Wildman–Crippen MR) is 83.6 cm³/mol. The van der Waals surface area contributed by atoms with Crippen molar-refractivity contribution >= 4 is 18.1 Å². The van der Waals surface area contributed by atoms with E-state index < -0.39 is 5.97 Å². The Balaban J connectivity index is 0.000000871. The molecule has 0 radical (unpaired) electrons. The maximum absolute atomic E-state index is 9.61. The van der Waals surface area contributed by atoms with Gasteiger partial charge in [0, 0.05) is 29.0 Å². The smallest absolute Gasteiger partial charge is 0.565 e. The molecule has 0 unspecified atom stereocenters. The fourth-order valence-electron chi connectivity index (χ4n) is 1.30. The number of aromatic hydroxyl groups is 1. The molecule has 1 aromatic carbocycles. The van der Waals surface area contributed by atoms with Gasteiger partial charge in [-0.1, -0.05) is 12.1 Å². The van der Waals surface area contributed by atoms with Gasteiger partial charge >= 0.3 is 25.4 Å². The SMILES string of the molecule is CC(=O)[OH2+].Oc1ccccc1C=N[N-]C(=[OH+])c1ccncc1.[Zn+2]. The number of benzene rings is 1. The molecule has 1 heterocycles. The van der Waals surface area contributed by atoms with E-state index in [0.717, 1.165) is 0 Å². The zero-order valence-corrected chi connectivity index (χ0v) is 15.5. The maximum Gasteiger partial charge on any atom is 2.00 e. The van der Waals surface area contributed by atoms with Crippen molar-refractivity contribution in [3.63, 3.8) is 0 Å². The summed E-state index contributed by atoms with van der Waals surface area (Å²) >= 11 is 0. The minimum Gasteiger partial charge on any atom is -0.565 e. The zero-order valence-electron chi connectivity index (χ0n) is 12.5.